The highest BCUT2D eigenvalue weighted by atomic mass is 16.6. The van der Waals surface area contributed by atoms with E-state index in [2.05, 4.69) is 4.98 Å². The summed E-state index contributed by atoms with van der Waals surface area (Å²) in [6, 6.07) is 0.140. The van der Waals surface area contributed by atoms with Crippen LogP contribution in [0.2, 0.25) is 0 Å². The molecule has 1 heterocycles. The molecule has 96 valence electrons. The molecule has 1 aromatic heterocycles. The van der Waals surface area contributed by atoms with Gasteiger partial charge in [-0.25, -0.2) is 14.3 Å². The molecule has 0 aliphatic heterocycles. The Bertz CT molecular complexity index is 377. The molecule has 1 rings (SSSR count). The van der Waals surface area contributed by atoms with Crippen LogP contribution in [0.1, 0.15) is 39.8 Å². The average molecular weight is 239 g/mol. The molecule has 17 heavy (non-hydrogen) atoms. The minimum Gasteiger partial charge on any atom is -0.443 e. The number of hydrogen-bond donors (Lipinski definition) is 1. The van der Waals surface area contributed by atoms with Crippen LogP contribution in [-0.2, 0) is 11.2 Å². The average Bonchev–Trinajstić information content (AvgIpc) is 2.60. The number of carbonyl (C=O) groups excluding carboxylic acids is 1. The van der Waals surface area contributed by atoms with Crippen LogP contribution in [0.15, 0.2) is 12.5 Å². The normalized spacial score (nSPS) is 13.5. The lowest BCUT2D eigenvalue weighted by Gasteiger charge is -2.19. The van der Waals surface area contributed by atoms with E-state index in [0.29, 0.717) is 0 Å². The van der Waals surface area contributed by atoms with Crippen molar-refractivity contribution < 1.29 is 9.53 Å². The summed E-state index contributed by atoms with van der Waals surface area (Å²) >= 11 is 0. The van der Waals surface area contributed by atoms with Gasteiger partial charge in [0.25, 0.3) is 0 Å². The minimum atomic E-state index is -0.493. The number of hydrogen-bond acceptors (Lipinski definition) is 4. The Labute approximate surface area is 102 Å². The van der Waals surface area contributed by atoms with Crippen LogP contribution in [0.3, 0.4) is 0 Å². The van der Waals surface area contributed by atoms with Gasteiger partial charge < -0.3 is 10.5 Å². The molecule has 5 heteroatoms. The molecule has 0 fully saturated rings. The van der Waals surface area contributed by atoms with Gasteiger partial charge in [-0.2, -0.15) is 0 Å². The summed E-state index contributed by atoms with van der Waals surface area (Å²) in [6.07, 6.45) is 4.39. The lowest BCUT2D eigenvalue weighted by atomic mass is 10.1. The fourth-order valence-corrected chi connectivity index (χ4v) is 1.28. The molecule has 0 aliphatic carbocycles. The molecule has 0 amide bonds. The van der Waals surface area contributed by atoms with Gasteiger partial charge in [0.2, 0.25) is 0 Å². The lowest BCUT2D eigenvalue weighted by molar-refractivity contribution is 0.0536. The van der Waals surface area contributed by atoms with Crippen molar-refractivity contribution in [1.82, 2.24) is 9.55 Å². The second-order valence-corrected chi connectivity index (χ2v) is 5.27. The summed E-state index contributed by atoms with van der Waals surface area (Å²) in [5.41, 5.74) is 6.03. The summed E-state index contributed by atoms with van der Waals surface area (Å²) in [7, 11) is 0. The molecule has 1 atom stereocenters. The van der Waals surface area contributed by atoms with E-state index in [-0.39, 0.29) is 6.04 Å². The van der Waals surface area contributed by atoms with Gasteiger partial charge in [0.05, 0.1) is 5.69 Å². The van der Waals surface area contributed by atoms with E-state index in [0.717, 1.165) is 18.5 Å². The van der Waals surface area contributed by atoms with Crippen molar-refractivity contribution in [2.24, 2.45) is 5.73 Å². The van der Waals surface area contributed by atoms with E-state index in [1.807, 2.05) is 27.7 Å². The van der Waals surface area contributed by atoms with Gasteiger partial charge in [-0.15, -0.1) is 0 Å². The van der Waals surface area contributed by atoms with Gasteiger partial charge in [-0.3, -0.25) is 0 Å². The largest absolute Gasteiger partial charge is 0.443 e. The third-order valence-corrected chi connectivity index (χ3v) is 2.10. The number of nitrogens with two attached hydrogens (primary N) is 1. The second-order valence-electron chi connectivity index (χ2n) is 5.27. The van der Waals surface area contributed by atoms with Crippen molar-refractivity contribution in [2.75, 3.05) is 0 Å². The summed E-state index contributed by atoms with van der Waals surface area (Å²) in [5.74, 6) is 0. The smallest absolute Gasteiger partial charge is 0.419 e. The predicted molar refractivity (Wildman–Crippen MR) is 65.8 cm³/mol. The Morgan fingerprint density at radius 3 is 2.76 bits per heavy atom. The highest BCUT2D eigenvalue weighted by Gasteiger charge is 2.17. The Hall–Kier alpha value is -1.36. The van der Waals surface area contributed by atoms with Crippen molar-refractivity contribution in [1.29, 1.82) is 0 Å². The molecule has 0 spiro atoms. The van der Waals surface area contributed by atoms with Gasteiger partial charge in [-0.05, 0) is 40.5 Å². The molecule has 2 N–H and O–H groups in total. The predicted octanol–water partition coefficient (Wildman–Crippen LogP) is 1.95. The van der Waals surface area contributed by atoms with Crippen molar-refractivity contribution >= 4 is 6.09 Å². The van der Waals surface area contributed by atoms with Crippen LogP contribution >= 0.6 is 0 Å². The molecule has 0 radical (unpaired) electrons. The van der Waals surface area contributed by atoms with Gasteiger partial charge in [-0.1, -0.05) is 0 Å². The molecular weight excluding hydrogens is 218 g/mol. The van der Waals surface area contributed by atoms with Gasteiger partial charge in [0.15, 0.2) is 0 Å². The Morgan fingerprint density at radius 2 is 2.24 bits per heavy atom. The summed E-state index contributed by atoms with van der Waals surface area (Å²) in [6.45, 7) is 7.45. The van der Waals surface area contributed by atoms with Crippen molar-refractivity contribution in [3.8, 4) is 0 Å². The summed E-state index contributed by atoms with van der Waals surface area (Å²) < 4.78 is 6.58. The molecule has 0 aromatic carbocycles. The van der Waals surface area contributed by atoms with E-state index in [4.69, 9.17) is 10.5 Å². The molecular formula is C12H21N3O2. The number of ether oxygens (including phenoxy) is 1. The quantitative estimate of drug-likeness (QED) is 0.875. The first-order valence-corrected chi connectivity index (χ1v) is 5.80. The van der Waals surface area contributed by atoms with E-state index in [1.165, 1.54) is 10.9 Å². The summed E-state index contributed by atoms with van der Waals surface area (Å²) in [4.78, 5) is 15.8. The third kappa shape index (κ3) is 4.99. The standard InChI is InChI=1S/C12H21N3O2/c1-9(13)5-6-10-7-15(8-14-10)11(16)17-12(2,3)4/h7-9H,5-6,13H2,1-4H3/t9-/m0/s1. The monoisotopic (exact) mass is 239 g/mol. The van der Waals surface area contributed by atoms with Gasteiger partial charge in [0, 0.05) is 12.2 Å². The second kappa shape index (κ2) is 5.31. The number of nitrogens with zero attached hydrogens (tertiary/aromatic N) is 2. The Morgan fingerprint density at radius 1 is 1.59 bits per heavy atom. The van der Waals surface area contributed by atoms with Gasteiger partial charge >= 0.3 is 6.09 Å². The minimum absolute atomic E-state index is 0.140. The number of carbonyl (C=O) groups is 1. The fourth-order valence-electron chi connectivity index (χ4n) is 1.28. The maximum Gasteiger partial charge on any atom is 0.419 e. The van der Waals surface area contributed by atoms with Crippen LogP contribution in [0.4, 0.5) is 4.79 Å². The highest BCUT2D eigenvalue weighted by Crippen LogP contribution is 2.10. The van der Waals surface area contributed by atoms with Gasteiger partial charge in [0.1, 0.15) is 11.9 Å². The molecule has 0 saturated heterocycles. The molecule has 1 aromatic rings. The molecule has 5 nitrogen and oxygen atoms in total. The molecule has 0 aliphatic rings. The highest BCUT2D eigenvalue weighted by molar-refractivity contribution is 5.70. The topological polar surface area (TPSA) is 70.1 Å². The first kappa shape index (κ1) is 13.7. The van der Waals surface area contributed by atoms with Crippen molar-refractivity contribution in [3.63, 3.8) is 0 Å². The van der Waals surface area contributed by atoms with Crippen LogP contribution in [0.25, 0.3) is 0 Å². The van der Waals surface area contributed by atoms with Crippen LogP contribution < -0.4 is 5.73 Å². The molecule has 0 bridgehead atoms. The third-order valence-electron chi connectivity index (χ3n) is 2.10. The van der Waals surface area contributed by atoms with Crippen molar-refractivity contribution in [3.05, 3.63) is 18.2 Å². The molecule has 0 unspecified atom stereocenters. The molecule has 0 saturated carbocycles. The van der Waals surface area contributed by atoms with Crippen LogP contribution in [-0.4, -0.2) is 27.3 Å². The number of aromatic nitrogens is 2. The lowest BCUT2D eigenvalue weighted by Crippen LogP contribution is -2.26. The number of imidazole rings is 1. The van der Waals surface area contributed by atoms with Crippen LogP contribution in [0, 0.1) is 0 Å². The van der Waals surface area contributed by atoms with Crippen LogP contribution in [0.5, 0.6) is 0 Å². The number of rotatable bonds is 3. The first-order valence-electron chi connectivity index (χ1n) is 5.80. The summed E-state index contributed by atoms with van der Waals surface area (Å²) in [5, 5.41) is 0. The fraction of sp³-hybridized carbons (Fsp3) is 0.667. The maximum absolute atomic E-state index is 11.7. The SMILES string of the molecule is C[C@H](N)CCc1cn(C(=O)OC(C)(C)C)cn1. The Kier molecular flexibility index (Phi) is 4.28. The zero-order valence-corrected chi connectivity index (χ0v) is 10.9. The maximum atomic E-state index is 11.7. The van der Waals surface area contributed by atoms with E-state index in [1.54, 1.807) is 6.20 Å². The van der Waals surface area contributed by atoms with Crippen molar-refractivity contribution in [2.45, 2.75) is 52.2 Å². The zero-order chi connectivity index (χ0) is 13.1. The van der Waals surface area contributed by atoms with E-state index < -0.39 is 11.7 Å². The van der Waals surface area contributed by atoms with E-state index >= 15 is 0 Å². The Balaban J connectivity index is 2.58. The number of aryl methyl sites for hydroxylation is 1. The van der Waals surface area contributed by atoms with E-state index in [9.17, 15) is 4.79 Å². The first-order chi connectivity index (χ1) is 7.78. The zero-order valence-electron chi connectivity index (χ0n) is 10.9.